The van der Waals surface area contributed by atoms with E-state index in [0.29, 0.717) is 31.8 Å². The first-order valence-corrected chi connectivity index (χ1v) is 12.1. The second-order valence-electron chi connectivity index (χ2n) is 9.13. The summed E-state index contributed by atoms with van der Waals surface area (Å²) in [7, 11) is 2.52. The summed E-state index contributed by atoms with van der Waals surface area (Å²) in [5.74, 6) is -1.08. The van der Waals surface area contributed by atoms with E-state index >= 15 is 0 Å². The van der Waals surface area contributed by atoms with Crippen molar-refractivity contribution in [2.45, 2.75) is 30.7 Å². The van der Waals surface area contributed by atoms with Crippen molar-refractivity contribution < 1.29 is 23.9 Å². The van der Waals surface area contributed by atoms with E-state index in [1.54, 1.807) is 17.2 Å². The molecule has 0 N–H and O–H groups in total. The Morgan fingerprint density at radius 3 is 2.59 bits per heavy atom. The molecule has 190 valence electrons. The van der Waals surface area contributed by atoms with Crippen molar-refractivity contribution in [1.82, 2.24) is 9.88 Å². The second kappa shape index (κ2) is 9.65. The van der Waals surface area contributed by atoms with Crippen LogP contribution in [0.15, 0.2) is 77.6 Å². The molecule has 2 unspecified atom stereocenters. The lowest BCUT2D eigenvalue weighted by Gasteiger charge is -2.48. The van der Waals surface area contributed by atoms with Crippen LogP contribution in [0.25, 0.3) is 0 Å². The molecule has 37 heavy (non-hydrogen) atoms. The number of pyridine rings is 1. The standard InChI is InChI=1S/C28H28N4O5/c1-4-16-31-20-11-6-5-10-19(20)28-14-12-21(33)32(17-13-18-9-7-8-15-29-18)27(28)30-23(26(35)37-3)22(24(28)31)25(34)36-2/h4-11,15,24H,1,12-14,16-17H2,2-3H3. The zero-order valence-electron chi connectivity index (χ0n) is 20.8. The van der Waals surface area contributed by atoms with Crippen LogP contribution in [0.3, 0.4) is 0 Å². The third-order valence-corrected chi connectivity index (χ3v) is 7.34. The third kappa shape index (κ3) is 3.73. The van der Waals surface area contributed by atoms with E-state index in [-0.39, 0.29) is 23.6 Å². The molecule has 5 rings (SSSR count). The quantitative estimate of drug-likeness (QED) is 0.425. The van der Waals surface area contributed by atoms with Gasteiger partial charge in [0.05, 0.1) is 31.2 Å². The highest BCUT2D eigenvalue weighted by Gasteiger charge is 2.63. The summed E-state index contributed by atoms with van der Waals surface area (Å²) in [5, 5.41) is 0. The van der Waals surface area contributed by atoms with Crippen molar-refractivity contribution in [2.75, 3.05) is 32.2 Å². The SMILES string of the molecule is C=CCN1c2ccccc2C23CCC(=O)N(CCc4ccccn4)C2=NC(C(=O)OC)=C(C(=O)OC)C13. The first-order valence-electron chi connectivity index (χ1n) is 12.1. The van der Waals surface area contributed by atoms with Crippen LogP contribution in [0.5, 0.6) is 0 Å². The maximum atomic E-state index is 13.4. The Balaban J connectivity index is 1.75. The van der Waals surface area contributed by atoms with E-state index in [2.05, 4.69) is 11.6 Å². The van der Waals surface area contributed by atoms with Crippen molar-refractivity contribution in [3.63, 3.8) is 0 Å². The van der Waals surface area contributed by atoms with Gasteiger partial charge in [0, 0.05) is 43.5 Å². The number of para-hydroxylation sites is 1. The van der Waals surface area contributed by atoms with Crippen LogP contribution < -0.4 is 4.90 Å². The summed E-state index contributed by atoms with van der Waals surface area (Å²) >= 11 is 0. The number of anilines is 1. The summed E-state index contributed by atoms with van der Waals surface area (Å²) in [5.41, 5.74) is 1.80. The number of rotatable bonds is 7. The molecule has 0 aliphatic carbocycles. The molecular formula is C28H28N4O5. The van der Waals surface area contributed by atoms with Gasteiger partial charge in [-0.2, -0.15) is 0 Å². The van der Waals surface area contributed by atoms with Crippen LogP contribution in [0.4, 0.5) is 5.69 Å². The number of carbonyl (C=O) groups excluding carboxylic acids is 3. The molecule has 9 heteroatoms. The van der Waals surface area contributed by atoms with Gasteiger partial charge in [-0.1, -0.05) is 30.3 Å². The summed E-state index contributed by atoms with van der Waals surface area (Å²) in [6.45, 7) is 4.66. The van der Waals surface area contributed by atoms with E-state index in [1.165, 1.54) is 14.2 Å². The van der Waals surface area contributed by atoms with Crippen molar-refractivity contribution in [1.29, 1.82) is 0 Å². The molecule has 0 saturated carbocycles. The number of fused-ring (bicyclic) bond motifs is 1. The normalized spacial score (nSPS) is 22.1. The number of methoxy groups -OCH3 is 2. The fraction of sp³-hybridized carbons (Fsp3) is 0.321. The van der Waals surface area contributed by atoms with E-state index in [1.807, 2.05) is 47.4 Å². The number of aliphatic imine (C=N–C) groups is 1. The van der Waals surface area contributed by atoms with Crippen molar-refractivity contribution in [2.24, 2.45) is 4.99 Å². The Morgan fingerprint density at radius 2 is 1.89 bits per heavy atom. The number of likely N-dealkylation sites (tertiary alicyclic amines) is 1. The summed E-state index contributed by atoms with van der Waals surface area (Å²) in [4.78, 5) is 52.5. The van der Waals surface area contributed by atoms with Gasteiger partial charge >= 0.3 is 11.9 Å². The zero-order chi connectivity index (χ0) is 26.2. The van der Waals surface area contributed by atoms with Gasteiger partial charge in [0.15, 0.2) is 5.70 Å². The minimum Gasteiger partial charge on any atom is -0.466 e. The second-order valence-corrected chi connectivity index (χ2v) is 9.13. The molecular weight excluding hydrogens is 472 g/mol. The number of amidine groups is 1. The number of piperidine rings is 1. The Bertz CT molecular complexity index is 1340. The van der Waals surface area contributed by atoms with Gasteiger partial charge in [0.2, 0.25) is 5.91 Å². The molecule has 1 aromatic carbocycles. The van der Waals surface area contributed by atoms with E-state index in [0.717, 1.165) is 16.9 Å². The van der Waals surface area contributed by atoms with Gasteiger partial charge in [0.25, 0.3) is 0 Å². The Kier molecular flexibility index (Phi) is 6.37. The Labute approximate surface area is 215 Å². The summed E-state index contributed by atoms with van der Waals surface area (Å²) in [6.07, 6.45) is 4.65. The number of hydrogen-bond donors (Lipinski definition) is 0. The van der Waals surface area contributed by atoms with Gasteiger partial charge in [-0.3, -0.25) is 14.7 Å². The molecule has 4 heterocycles. The maximum absolute atomic E-state index is 13.4. The fourth-order valence-electron chi connectivity index (χ4n) is 5.85. The Morgan fingerprint density at radius 1 is 1.14 bits per heavy atom. The smallest absolute Gasteiger partial charge is 0.357 e. The first kappa shape index (κ1) is 24.4. The molecule has 1 saturated heterocycles. The van der Waals surface area contributed by atoms with E-state index in [9.17, 15) is 14.4 Å². The van der Waals surface area contributed by atoms with Crippen LogP contribution in [-0.2, 0) is 35.7 Å². The molecule has 3 aliphatic heterocycles. The maximum Gasteiger partial charge on any atom is 0.357 e. The fourth-order valence-corrected chi connectivity index (χ4v) is 5.85. The molecule has 1 aromatic heterocycles. The van der Waals surface area contributed by atoms with Gasteiger partial charge in [-0.25, -0.2) is 14.6 Å². The number of benzene rings is 1. The molecule has 1 fully saturated rings. The largest absolute Gasteiger partial charge is 0.466 e. The molecule has 2 atom stereocenters. The third-order valence-electron chi connectivity index (χ3n) is 7.34. The lowest BCUT2D eigenvalue weighted by atomic mass is 9.65. The number of ether oxygens (including phenoxy) is 2. The number of carbonyl (C=O) groups is 3. The first-order chi connectivity index (χ1) is 18.0. The average molecular weight is 501 g/mol. The lowest BCUT2D eigenvalue weighted by Crippen LogP contribution is -2.63. The van der Waals surface area contributed by atoms with Gasteiger partial charge in [-0.15, -0.1) is 6.58 Å². The topological polar surface area (TPSA) is 101 Å². The molecule has 9 nitrogen and oxygen atoms in total. The Hall–Kier alpha value is -4.27. The van der Waals surface area contributed by atoms with Crippen molar-refractivity contribution >= 4 is 29.4 Å². The van der Waals surface area contributed by atoms with Gasteiger partial charge in [0.1, 0.15) is 5.84 Å². The van der Waals surface area contributed by atoms with Crippen LogP contribution in [0.1, 0.15) is 24.1 Å². The highest BCUT2D eigenvalue weighted by atomic mass is 16.5. The van der Waals surface area contributed by atoms with Gasteiger partial charge < -0.3 is 14.4 Å². The van der Waals surface area contributed by atoms with Crippen LogP contribution >= 0.6 is 0 Å². The summed E-state index contributed by atoms with van der Waals surface area (Å²) < 4.78 is 10.2. The molecule has 2 aromatic rings. The number of esters is 2. The zero-order valence-corrected chi connectivity index (χ0v) is 20.8. The monoisotopic (exact) mass is 500 g/mol. The van der Waals surface area contributed by atoms with Crippen molar-refractivity contribution in [3.8, 4) is 0 Å². The molecule has 3 aliphatic rings. The minimum absolute atomic E-state index is 0.0931. The molecule has 1 amide bonds. The number of aromatic nitrogens is 1. The highest BCUT2D eigenvalue weighted by molar-refractivity contribution is 6.15. The number of nitrogens with zero attached hydrogens (tertiary/aromatic N) is 4. The minimum atomic E-state index is -0.849. The van der Waals surface area contributed by atoms with Crippen LogP contribution in [-0.4, -0.2) is 66.9 Å². The molecule has 1 spiro atoms. The predicted octanol–water partition coefficient (Wildman–Crippen LogP) is 2.57. The van der Waals surface area contributed by atoms with E-state index < -0.39 is 23.4 Å². The number of hydrogen-bond acceptors (Lipinski definition) is 8. The highest BCUT2D eigenvalue weighted by Crippen LogP contribution is 2.55. The molecule has 0 bridgehead atoms. The van der Waals surface area contributed by atoms with Crippen LogP contribution in [0, 0.1) is 0 Å². The lowest BCUT2D eigenvalue weighted by molar-refractivity contribution is -0.140. The van der Waals surface area contributed by atoms with Crippen molar-refractivity contribution in [3.05, 3.63) is 83.8 Å². The molecule has 0 radical (unpaired) electrons. The number of amides is 1. The predicted molar refractivity (Wildman–Crippen MR) is 137 cm³/mol. The summed E-state index contributed by atoms with van der Waals surface area (Å²) in [6, 6.07) is 12.9. The van der Waals surface area contributed by atoms with Gasteiger partial charge in [-0.05, 0) is 30.2 Å². The van der Waals surface area contributed by atoms with E-state index in [4.69, 9.17) is 14.5 Å². The van der Waals surface area contributed by atoms with Crippen LogP contribution in [0.2, 0.25) is 0 Å². The average Bonchev–Trinajstić information content (AvgIpc) is 3.21.